The number of rotatable bonds is 1. The molecule has 0 radical (unpaired) electrons. The maximum atomic E-state index is 12.3. The van der Waals surface area contributed by atoms with Crippen LogP contribution >= 0.6 is 34.8 Å². The highest BCUT2D eigenvalue weighted by molar-refractivity contribution is 6.42. The first kappa shape index (κ1) is 17.2. The Hall–Kier alpha value is -1.17. The maximum absolute atomic E-state index is 12.3. The van der Waals surface area contributed by atoms with Gasteiger partial charge in [-0.2, -0.15) is 0 Å². The van der Waals surface area contributed by atoms with Crippen molar-refractivity contribution in [2.24, 2.45) is 0 Å². The number of urea groups is 1. The Morgan fingerprint density at radius 1 is 1.00 bits per heavy atom. The Morgan fingerprint density at radius 2 is 1.55 bits per heavy atom. The third-order valence-electron chi connectivity index (χ3n) is 3.47. The zero-order valence-corrected chi connectivity index (χ0v) is 14.3. The molecule has 1 aromatic carbocycles. The SMILES string of the molecule is CC(=O)N1CCCN(C(=O)Nc2c(Cl)cc(Cl)cc2Cl)CC1. The van der Waals surface area contributed by atoms with Crippen molar-refractivity contribution < 1.29 is 9.59 Å². The minimum absolute atomic E-state index is 0.0195. The molecule has 1 aromatic rings. The molecule has 0 saturated carbocycles. The molecule has 0 aromatic heterocycles. The van der Waals surface area contributed by atoms with Crippen LogP contribution in [0.3, 0.4) is 0 Å². The van der Waals surface area contributed by atoms with Gasteiger partial charge in [-0.1, -0.05) is 34.8 Å². The summed E-state index contributed by atoms with van der Waals surface area (Å²) >= 11 is 18.0. The fourth-order valence-corrected chi connectivity index (χ4v) is 3.19. The van der Waals surface area contributed by atoms with Gasteiger partial charge in [0.1, 0.15) is 0 Å². The van der Waals surface area contributed by atoms with Gasteiger partial charge in [0, 0.05) is 38.1 Å². The van der Waals surface area contributed by atoms with Crippen molar-refractivity contribution >= 4 is 52.4 Å². The zero-order chi connectivity index (χ0) is 16.3. The third kappa shape index (κ3) is 4.18. The molecule has 0 unspecified atom stereocenters. The Kier molecular flexibility index (Phi) is 5.78. The molecule has 120 valence electrons. The van der Waals surface area contributed by atoms with Crippen molar-refractivity contribution in [1.82, 2.24) is 9.80 Å². The lowest BCUT2D eigenvalue weighted by Crippen LogP contribution is -2.38. The molecule has 0 bridgehead atoms. The summed E-state index contributed by atoms with van der Waals surface area (Å²) in [5, 5.41) is 3.68. The van der Waals surface area contributed by atoms with Crippen LogP contribution in [0.5, 0.6) is 0 Å². The molecule has 1 aliphatic heterocycles. The van der Waals surface area contributed by atoms with E-state index in [4.69, 9.17) is 34.8 Å². The topological polar surface area (TPSA) is 52.7 Å². The number of amides is 3. The van der Waals surface area contributed by atoms with Crippen molar-refractivity contribution in [2.75, 3.05) is 31.5 Å². The quantitative estimate of drug-likeness (QED) is 0.825. The molecule has 2 rings (SSSR count). The van der Waals surface area contributed by atoms with Gasteiger partial charge in [0.15, 0.2) is 0 Å². The first-order valence-electron chi connectivity index (χ1n) is 6.84. The largest absolute Gasteiger partial charge is 0.341 e. The molecule has 1 N–H and O–H groups in total. The van der Waals surface area contributed by atoms with Gasteiger partial charge in [-0.3, -0.25) is 4.79 Å². The van der Waals surface area contributed by atoms with E-state index in [1.165, 1.54) is 19.1 Å². The normalized spacial score (nSPS) is 15.5. The Morgan fingerprint density at radius 3 is 2.14 bits per heavy atom. The summed E-state index contributed by atoms with van der Waals surface area (Å²) in [4.78, 5) is 27.1. The van der Waals surface area contributed by atoms with Gasteiger partial charge in [-0.25, -0.2) is 4.79 Å². The summed E-state index contributed by atoms with van der Waals surface area (Å²) < 4.78 is 0. The van der Waals surface area contributed by atoms with E-state index in [0.717, 1.165) is 6.42 Å². The second kappa shape index (κ2) is 7.40. The number of carbonyl (C=O) groups excluding carboxylic acids is 2. The molecular weight excluding hydrogens is 349 g/mol. The second-order valence-corrected chi connectivity index (χ2v) is 6.27. The highest BCUT2D eigenvalue weighted by Crippen LogP contribution is 2.33. The lowest BCUT2D eigenvalue weighted by Gasteiger charge is -2.22. The molecule has 0 aliphatic carbocycles. The highest BCUT2D eigenvalue weighted by atomic mass is 35.5. The number of halogens is 3. The molecule has 1 fully saturated rings. The van der Waals surface area contributed by atoms with Gasteiger partial charge < -0.3 is 15.1 Å². The molecule has 8 heteroatoms. The highest BCUT2D eigenvalue weighted by Gasteiger charge is 2.21. The molecule has 1 aliphatic rings. The van der Waals surface area contributed by atoms with Gasteiger partial charge in [0.2, 0.25) is 5.91 Å². The fourth-order valence-electron chi connectivity index (χ4n) is 2.28. The smallest absolute Gasteiger partial charge is 0.321 e. The van der Waals surface area contributed by atoms with Crippen LogP contribution in [0, 0.1) is 0 Å². The minimum atomic E-state index is -0.295. The van der Waals surface area contributed by atoms with Crippen molar-refractivity contribution in [1.29, 1.82) is 0 Å². The molecule has 0 spiro atoms. The fraction of sp³-hybridized carbons (Fsp3) is 0.429. The average Bonchev–Trinajstić information content (AvgIpc) is 2.68. The van der Waals surface area contributed by atoms with E-state index < -0.39 is 0 Å². The third-order valence-corrected chi connectivity index (χ3v) is 4.28. The van der Waals surface area contributed by atoms with Crippen molar-refractivity contribution in [3.05, 3.63) is 27.2 Å². The minimum Gasteiger partial charge on any atom is -0.341 e. The summed E-state index contributed by atoms with van der Waals surface area (Å²) in [6.45, 7) is 3.74. The summed E-state index contributed by atoms with van der Waals surface area (Å²) in [5.41, 5.74) is 0.338. The number of nitrogens with zero attached hydrogens (tertiary/aromatic N) is 2. The first-order valence-corrected chi connectivity index (χ1v) is 7.98. The number of hydrogen-bond donors (Lipinski definition) is 1. The van der Waals surface area contributed by atoms with E-state index >= 15 is 0 Å². The van der Waals surface area contributed by atoms with Gasteiger partial charge in [-0.05, 0) is 18.6 Å². The Balaban J connectivity index is 2.05. The van der Waals surface area contributed by atoms with Gasteiger partial charge >= 0.3 is 6.03 Å². The number of carbonyl (C=O) groups is 2. The van der Waals surface area contributed by atoms with E-state index in [1.807, 2.05) is 0 Å². The Labute approximate surface area is 144 Å². The maximum Gasteiger partial charge on any atom is 0.321 e. The molecule has 22 heavy (non-hydrogen) atoms. The summed E-state index contributed by atoms with van der Waals surface area (Å²) in [6, 6.07) is 2.74. The van der Waals surface area contributed by atoms with Crippen LogP contribution < -0.4 is 5.32 Å². The van der Waals surface area contributed by atoms with Crippen LogP contribution in [0.25, 0.3) is 0 Å². The first-order chi connectivity index (χ1) is 10.4. The van der Waals surface area contributed by atoms with E-state index in [0.29, 0.717) is 36.9 Å². The molecule has 3 amide bonds. The van der Waals surface area contributed by atoms with E-state index in [1.54, 1.807) is 9.80 Å². The monoisotopic (exact) mass is 363 g/mol. The number of benzene rings is 1. The van der Waals surface area contributed by atoms with E-state index in [-0.39, 0.29) is 22.0 Å². The average molecular weight is 365 g/mol. The van der Waals surface area contributed by atoms with Crippen LogP contribution in [0.2, 0.25) is 15.1 Å². The molecule has 1 heterocycles. The zero-order valence-electron chi connectivity index (χ0n) is 12.0. The number of hydrogen-bond acceptors (Lipinski definition) is 2. The molecule has 5 nitrogen and oxygen atoms in total. The lowest BCUT2D eigenvalue weighted by molar-refractivity contribution is -0.128. The van der Waals surface area contributed by atoms with Gasteiger partial charge in [-0.15, -0.1) is 0 Å². The van der Waals surface area contributed by atoms with Crippen molar-refractivity contribution in [3.8, 4) is 0 Å². The van der Waals surface area contributed by atoms with Gasteiger partial charge in [0.25, 0.3) is 0 Å². The van der Waals surface area contributed by atoms with E-state index in [9.17, 15) is 9.59 Å². The Bertz CT molecular complexity index is 572. The van der Waals surface area contributed by atoms with Crippen LogP contribution in [-0.2, 0) is 4.79 Å². The van der Waals surface area contributed by atoms with Crippen LogP contribution in [-0.4, -0.2) is 47.9 Å². The molecule has 1 saturated heterocycles. The van der Waals surface area contributed by atoms with Gasteiger partial charge in [0.05, 0.1) is 15.7 Å². The number of anilines is 1. The predicted molar refractivity (Wildman–Crippen MR) is 88.9 cm³/mol. The van der Waals surface area contributed by atoms with Crippen molar-refractivity contribution in [3.63, 3.8) is 0 Å². The predicted octanol–water partition coefficient (Wildman–Crippen LogP) is 3.73. The molecular formula is C14H16Cl3N3O2. The van der Waals surface area contributed by atoms with Crippen LogP contribution in [0.4, 0.5) is 10.5 Å². The summed E-state index contributed by atoms with van der Waals surface area (Å²) in [6.07, 6.45) is 0.731. The summed E-state index contributed by atoms with van der Waals surface area (Å²) in [5.74, 6) is 0.0195. The number of nitrogens with one attached hydrogen (secondary N) is 1. The summed E-state index contributed by atoms with van der Waals surface area (Å²) in [7, 11) is 0. The van der Waals surface area contributed by atoms with Crippen molar-refractivity contribution in [2.45, 2.75) is 13.3 Å². The lowest BCUT2D eigenvalue weighted by atomic mass is 10.3. The van der Waals surface area contributed by atoms with E-state index in [2.05, 4.69) is 5.32 Å². The van der Waals surface area contributed by atoms with Crippen LogP contribution in [0.1, 0.15) is 13.3 Å². The second-order valence-electron chi connectivity index (χ2n) is 5.02. The molecule has 0 atom stereocenters. The standard InChI is InChI=1S/C14H16Cl3N3O2/c1-9(21)19-3-2-4-20(6-5-19)14(22)18-13-11(16)7-10(15)8-12(13)17/h7-8H,2-6H2,1H3,(H,18,22). The van der Waals surface area contributed by atoms with Crippen LogP contribution in [0.15, 0.2) is 12.1 Å².